The van der Waals surface area contributed by atoms with Gasteiger partial charge in [0.15, 0.2) is 0 Å². The van der Waals surface area contributed by atoms with Crippen molar-refractivity contribution in [2.45, 2.75) is 51.6 Å². The van der Waals surface area contributed by atoms with Gasteiger partial charge in [-0.15, -0.1) is 12.3 Å². The molecule has 5 rings (SSSR count). The summed E-state index contributed by atoms with van der Waals surface area (Å²) in [5.74, 6) is 3.84. The zero-order chi connectivity index (χ0) is 27.0. The van der Waals surface area contributed by atoms with Gasteiger partial charge in [0.1, 0.15) is 12.4 Å². The monoisotopic (exact) mass is 526 g/mol. The summed E-state index contributed by atoms with van der Waals surface area (Å²) in [4.78, 5) is 17.2. The minimum absolute atomic E-state index is 0.270. The number of likely N-dealkylation sites (N-methyl/N-ethyl adjacent to an activating group) is 1. The minimum atomic E-state index is 0.270. The maximum atomic E-state index is 6.21. The van der Waals surface area contributed by atoms with Crippen LogP contribution in [0.5, 0.6) is 6.01 Å². The molecule has 0 saturated carbocycles. The molecule has 0 aliphatic carbocycles. The summed E-state index contributed by atoms with van der Waals surface area (Å²) in [6, 6.07) is 15.9. The highest BCUT2D eigenvalue weighted by Gasteiger charge is 2.29. The molecule has 0 radical (unpaired) electrons. The molecule has 7 nitrogen and oxygen atoms in total. The predicted octanol–water partition coefficient (Wildman–Crippen LogP) is 4.49. The van der Waals surface area contributed by atoms with Gasteiger partial charge in [-0.2, -0.15) is 9.97 Å². The molecule has 2 aromatic carbocycles. The molecular weight excluding hydrogens is 484 g/mol. The Labute approximate surface area is 233 Å². The summed E-state index contributed by atoms with van der Waals surface area (Å²) in [5.41, 5.74) is 3.57. The number of hydrogen-bond acceptors (Lipinski definition) is 7. The van der Waals surface area contributed by atoms with E-state index in [0.717, 1.165) is 63.7 Å². The van der Waals surface area contributed by atoms with Gasteiger partial charge in [0.2, 0.25) is 0 Å². The molecule has 1 saturated heterocycles. The van der Waals surface area contributed by atoms with E-state index in [0.29, 0.717) is 19.0 Å². The topological polar surface area (TPSA) is 56.8 Å². The highest BCUT2D eigenvalue weighted by Crippen LogP contribution is 2.34. The largest absolute Gasteiger partial charge is 0.462 e. The molecule has 1 N–H and O–H groups in total. The smallest absolute Gasteiger partial charge is 0.318 e. The Hall–Kier alpha value is -3.34. The Morgan fingerprint density at radius 1 is 1.08 bits per heavy atom. The van der Waals surface area contributed by atoms with Gasteiger partial charge in [0, 0.05) is 61.8 Å². The fourth-order valence-corrected chi connectivity index (χ4v) is 5.74. The summed E-state index contributed by atoms with van der Waals surface area (Å²) in [6.07, 6.45) is 11.0. The normalized spacial score (nSPS) is 17.3. The molecule has 1 aromatic heterocycles. The second-order valence-corrected chi connectivity index (χ2v) is 10.8. The number of nitrogens with one attached hydrogen (secondary N) is 1. The molecular formula is C32H42N6O. The van der Waals surface area contributed by atoms with Gasteiger partial charge in [0.05, 0.1) is 12.2 Å². The molecule has 7 heteroatoms. The van der Waals surface area contributed by atoms with Crippen LogP contribution in [0.15, 0.2) is 42.5 Å². The van der Waals surface area contributed by atoms with Crippen LogP contribution in [0.3, 0.4) is 0 Å². The molecule has 1 fully saturated rings. The van der Waals surface area contributed by atoms with Gasteiger partial charge in [-0.3, -0.25) is 0 Å². The molecule has 0 spiro atoms. The van der Waals surface area contributed by atoms with Crippen LogP contribution in [0.2, 0.25) is 0 Å². The lowest BCUT2D eigenvalue weighted by molar-refractivity contribution is 0.222. The van der Waals surface area contributed by atoms with Crippen LogP contribution in [-0.2, 0) is 13.0 Å². The Morgan fingerprint density at radius 3 is 2.82 bits per heavy atom. The number of benzene rings is 2. The van der Waals surface area contributed by atoms with E-state index in [1.165, 1.54) is 41.3 Å². The SMILES string of the molecule is C#CC[C@H]1CN(c2nc(OCCN(C)CCCCC)nc3c2CCN(c2cccc4ccccc24)C3)CCN1. The van der Waals surface area contributed by atoms with Crippen molar-refractivity contribution in [3.63, 3.8) is 0 Å². The van der Waals surface area contributed by atoms with Crippen molar-refractivity contribution < 1.29 is 4.74 Å². The van der Waals surface area contributed by atoms with Crippen LogP contribution in [0, 0.1) is 12.3 Å². The Balaban J connectivity index is 1.39. The highest BCUT2D eigenvalue weighted by molar-refractivity contribution is 5.94. The van der Waals surface area contributed by atoms with E-state index in [1.807, 2.05) is 0 Å². The van der Waals surface area contributed by atoms with Crippen molar-refractivity contribution in [3.05, 3.63) is 53.7 Å². The number of rotatable bonds is 11. The third-order valence-electron chi connectivity index (χ3n) is 7.90. The van der Waals surface area contributed by atoms with Crippen molar-refractivity contribution >= 4 is 22.3 Å². The van der Waals surface area contributed by atoms with E-state index in [4.69, 9.17) is 21.1 Å². The number of terminal acetylenes is 1. The predicted molar refractivity (Wildman–Crippen MR) is 161 cm³/mol. The summed E-state index contributed by atoms with van der Waals surface area (Å²) >= 11 is 0. The van der Waals surface area contributed by atoms with Crippen LogP contribution in [0.4, 0.5) is 11.5 Å². The first-order valence-corrected chi connectivity index (χ1v) is 14.5. The number of ether oxygens (including phenoxy) is 1. The lowest BCUT2D eigenvalue weighted by Crippen LogP contribution is -2.51. The van der Waals surface area contributed by atoms with Gasteiger partial charge in [-0.05, 0) is 37.9 Å². The summed E-state index contributed by atoms with van der Waals surface area (Å²) in [6.45, 7) is 9.08. The molecule has 3 aromatic rings. The number of aromatic nitrogens is 2. The van der Waals surface area contributed by atoms with Gasteiger partial charge < -0.3 is 24.8 Å². The average Bonchev–Trinajstić information content (AvgIpc) is 2.96. The Bertz CT molecular complexity index is 1280. The van der Waals surface area contributed by atoms with Crippen molar-refractivity contribution in [2.24, 2.45) is 0 Å². The van der Waals surface area contributed by atoms with Crippen molar-refractivity contribution in [1.82, 2.24) is 20.2 Å². The zero-order valence-electron chi connectivity index (χ0n) is 23.5. The first-order chi connectivity index (χ1) is 19.2. The first-order valence-electron chi connectivity index (χ1n) is 14.5. The molecule has 2 aliphatic rings. The quantitative estimate of drug-likeness (QED) is 0.292. The number of fused-ring (bicyclic) bond motifs is 2. The van der Waals surface area contributed by atoms with Crippen LogP contribution in [-0.4, -0.2) is 73.8 Å². The molecule has 3 heterocycles. The third-order valence-corrected chi connectivity index (χ3v) is 7.90. The second kappa shape index (κ2) is 13.1. The molecule has 0 bridgehead atoms. The van der Waals surface area contributed by atoms with Gasteiger partial charge in [0.25, 0.3) is 0 Å². The van der Waals surface area contributed by atoms with E-state index in [-0.39, 0.29) is 6.04 Å². The number of anilines is 2. The van der Waals surface area contributed by atoms with E-state index in [2.05, 4.69) is 82.4 Å². The third kappa shape index (κ3) is 6.63. The van der Waals surface area contributed by atoms with Crippen LogP contribution >= 0.6 is 0 Å². The summed E-state index contributed by atoms with van der Waals surface area (Å²) < 4.78 is 6.21. The van der Waals surface area contributed by atoms with Crippen LogP contribution in [0.1, 0.15) is 43.9 Å². The van der Waals surface area contributed by atoms with E-state index < -0.39 is 0 Å². The van der Waals surface area contributed by atoms with Crippen molar-refractivity contribution in [3.8, 4) is 18.4 Å². The molecule has 0 amide bonds. The summed E-state index contributed by atoms with van der Waals surface area (Å²) in [7, 11) is 2.16. The van der Waals surface area contributed by atoms with Crippen LogP contribution < -0.4 is 19.9 Å². The van der Waals surface area contributed by atoms with Crippen molar-refractivity contribution in [1.29, 1.82) is 0 Å². The maximum Gasteiger partial charge on any atom is 0.318 e. The van der Waals surface area contributed by atoms with E-state index in [9.17, 15) is 0 Å². The molecule has 2 aliphatic heterocycles. The second-order valence-electron chi connectivity index (χ2n) is 10.8. The minimum Gasteiger partial charge on any atom is -0.462 e. The van der Waals surface area contributed by atoms with E-state index >= 15 is 0 Å². The Kier molecular flexibility index (Phi) is 9.18. The van der Waals surface area contributed by atoms with Crippen LogP contribution in [0.25, 0.3) is 10.8 Å². The zero-order valence-corrected chi connectivity index (χ0v) is 23.5. The van der Waals surface area contributed by atoms with Crippen molar-refractivity contribution in [2.75, 3.05) is 62.7 Å². The Morgan fingerprint density at radius 2 is 1.95 bits per heavy atom. The molecule has 39 heavy (non-hydrogen) atoms. The highest BCUT2D eigenvalue weighted by atomic mass is 16.5. The van der Waals surface area contributed by atoms with Gasteiger partial charge in [-0.1, -0.05) is 56.2 Å². The maximum absolute atomic E-state index is 6.21. The van der Waals surface area contributed by atoms with Gasteiger partial charge in [-0.25, -0.2) is 0 Å². The number of unbranched alkanes of at least 4 members (excludes halogenated alkanes) is 2. The fraction of sp³-hybridized carbons (Fsp3) is 0.500. The first kappa shape index (κ1) is 27.2. The molecule has 0 unspecified atom stereocenters. The fourth-order valence-electron chi connectivity index (χ4n) is 5.74. The van der Waals surface area contributed by atoms with Gasteiger partial charge >= 0.3 is 6.01 Å². The van der Waals surface area contributed by atoms with E-state index in [1.54, 1.807) is 0 Å². The number of piperazine rings is 1. The number of nitrogens with zero attached hydrogens (tertiary/aromatic N) is 5. The number of hydrogen-bond donors (Lipinski definition) is 1. The standard InChI is InChI=1S/C32H42N6O/c1-4-6-9-18-36(3)21-22-39-32-34-29-24-37(30-15-10-13-25-12-7-8-14-27(25)30)19-16-28(29)31(35-32)38-20-17-33-26(23-38)11-5-2/h2,7-8,10,12-15,26,33H,4,6,9,11,16-24H2,1,3H3/t26-/m0/s1. The lowest BCUT2D eigenvalue weighted by atomic mass is 10.0. The summed E-state index contributed by atoms with van der Waals surface area (Å²) in [5, 5.41) is 6.09. The molecule has 206 valence electrons. The lowest BCUT2D eigenvalue weighted by Gasteiger charge is -2.37. The average molecular weight is 527 g/mol. The molecule has 1 atom stereocenters.